The van der Waals surface area contributed by atoms with Crippen LogP contribution in [0.4, 0.5) is 0 Å². The molecule has 0 aliphatic carbocycles. The van der Waals surface area contributed by atoms with Crippen molar-refractivity contribution < 1.29 is 19.7 Å². The molecule has 0 spiro atoms. The lowest BCUT2D eigenvalue weighted by Gasteiger charge is -2.28. The summed E-state index contributed by atoms with van der Waals surface area (Å²) in [5.41, 5.74) is 0.349. The third kappa shape index (κ3) is 8.50. The van der Waals surface area contributed by atoms with Crippen molar-refractivity contribution in [2.75, 3.05) is 13.2 Å². The quantitative estimate of drug-likeness (QED) is 0.261. The number of hydrogen-bond acceptors (Lipinski definition) is 4. The van der Waals surface area contributed by atoms with Gasteiger partial charge in [-0.25, -0.2) is 0 Å². The predicted molar refractivity (Wildman–Crippen MR) is 149 cm³/mol. The van der Waals surface area contributed by atoms with E-state index in [1.165, 1.54) is 0 Å². The number of benzene rings is 2. The van der Waals surface area contributed by atoms with Gasteiger partial charge >= 0.3 is 0 Å². The van der Waals surface area contributed by atoms with Crippen molar-refractivity contribution in [2.45, 2.75) is 71.0 Å². The van der Waals surface area contributed by atoms with Crippen LogP contribution < -0.4 is 9.47 Å². The molecule has 0 fully saturated rings. The summed E-state index contributed by atoms with van der Waals surface area (Å²) in [7, 11) is 0. The van der Waals surface area contributed by atoms with Crippen LogP contribution in [0.3, 0.4) is 0 Å². The van der Waals surface area contributed by atoms with Gasteiger partial charge in [-0.1, -0.05) is 13.8 Å². The maximum Gasteiger partial charge on any atom is 0.147 e. The summed E-state index contributed by atoms with van der Waals surface area (Å²) in [6, 6.07) is 8.28. The number of rotatable bonds is 10. The van der Waals surface area contributed by atoms with Crippen molar-refractivity contribution in [3.63, 3.8) is 0 Å². The van der Waals surface area contributed by atoms with Crippen molar-refractivity contribution in [2.24, 2.45) is 0 Å². The molecule has 0 atom stereocenters. The van der Waals surface area contributed by atoms with Crippen LogP contribution in [0.25, 0.3) is 0 Å². The Bertz CT molecular complexity index is 852. The molecule has 184 valence electrons. The Morgan fingerprint density at radius 1 is 0.606 bits per heavy atom. The minimum atomic E-state index is -0.772. The summed E-state index contributed by atoms with van der Waals surface area (Å²) >= 11 is 14.6. The molecule has 2 rings (SSSR count). The highest BCUT2D eigenvalue weighted by atomic mass is 79.9. The van der Waals surface area contributed by atoms with E-state index in [-0.39, 0.29) is 5.41 Å². The molecule has 4 nitrogen and oxygen atoms in total. The fourth-order valence-electron chi connectivity index (χ4n) is 3.09. The third-order valence-electron chi connectivity index (χ3n) is 5.36. The van der Waals surface area contributed by atoms with Gasteiger partial charge in [0.25, 0.3) is 0 Å². The average molecular weight is 716 g/mol. The second-order valence-corrected chi connectivity index (χ2v) is 13.4. The molecule has 2 N–H and O–H groups in total. The lowest BCUT2D eigenvalue weighted by atomic mass is 9.78. The maximum atomic E-state index is 9.93. The SMILES string of the molecule is CC(C)(O)CCOc1c(Br)cc(C(C)(C)c2cc(Br)c(OCCC(C)(C)O)c(Br)c2)cc1Br. The Balaban J connectivity index is 2.28. The molecule has 0 bridgehead atoms. The molecule has 0 aliphatic heterocycles. The summed E-state index contributed by atoms with van der Waals surface area (Å²) in [5.74, 6) is 1.44. The Morgan fingerprint density at radius 3 is 1.12 bits per heavy atom. The average Bonchev–Trinajstić information content (AvgIpc) is 2.64. The van der Waals surface area contributed by atoms with Crippen LogP contribution in [-0.2, 0) is 5.41 Å². The minimum absolute atomic E-state index is 0.312. The summed E-state index contributed by atoms with van der Waals surface area (Å²) in [6.45, 7) is 12.2. The molecule has 0 aliphatic rings. The van der Waals surface area contributed by atoms with E-state index in [0.29, 0.717) is 26.1 Å². The highest BCUT2D eigenvalue weighted by Crippen LogP contribution is 2.44. The standard InChI is InChI=1S/C25H32Br4O4/c1-23(2,30)7-9-32-21-17(26)11-15(12-18(21)27)25(5,6)16-13-19(28)22(20(29)14-16)33-10-8-24(3,4)31/h11-14,30-31H,7-10H2,1-6H3. The van der Waals surface area contributed by atoms with Crippen LogP contribution in [0, 0.1) is 0 Å². The number of halogens is 4. The number of aliphatic hydroxyl groups is 2. The smallest absolute Gasteiger partial charge is 0.147 e. The summed E-state index contributed by atoms with van der Waals surface area (Å²) in [5, 5.41) is 19.9. The molecule has 33 heavy (non-hydrogen) atoms. The lowest BCUT2D eigenvalue weighted by Crippen LogP contribution is -2.22. The molecular weight excluding hydrogens is 684 g/mol. The Hall–Kier alpha value is -0.120. The van der Waals surface area contributed by atoms with Crippen molar-refractivity contribution in [1.82, 2.24) is 0 Å². The molecule has 0 aromatic heterocycles. The van der Waals surface area contributed by atoms with E-state index in [0.717, 1.165) is 40.5 Å². The highest BCUT2D eigenvalue weighted by Gasteiger charge is 2.27. The van der Waals surface area contributed by atoms with E-state index in [2.05, 4.69) is 102 Å². The molecule has 0 amide bonds. The van der Waals surface area contributed by atoms with Crippen LogP contribution in [0.2, 0.25) is 0 Å². The van der Waals surface area contributed by atoms with Gasteiger partial charge in [0.15, 0.2) is 0 Å². The van der Waals surface area contributed by atoms with Gasteiger partial charge in [0, 0.05) is 18.3 Å². The Morgan fingerprint density at radius 2 is 0.879 bits per heavy atom. The first-order chi connectivity index (χ1) is 15.0. The van der Waals surface area contributed by atoms with Crippen molar-refractivity contribution >= 4 is 63.7 Å². The molecule has 0 unspecified atom stereocenters. The normalized spacial score (nSPS) is 12.7. The maximum absolute atomic E-state index is 9.93. The first-order valence-electron chi connectivity index (χ1n) is 10.7. The first-order valence-corrected chi connectivity index (χ1v) is 13.9. The van der Waals surface area contributed by atoms with E-state index >= 15 is 0 Å². The second kappa shape index (κ2) is 11.3. The zero-order valence-electron chi connectivity index (χ0n) is 19.9. The lowest BCUT2D eigenvalue weighted by molar-refractivity contribution is 0.0544. The Kier molecular flexibility index (Phi) is 9.96. The topological polar surface area (TPSA) is 58.9 Å². The molecule has 0 saturated carbocycles. The van der Waals surface area contributed by atoms with Crippen molar-refractivity contribution in [1.29, 1.82) is 0 Å². The van der Waals surface area contributed by atoms with Crippen LogP contribution in [0.5, 0.6) is 11.5 Å². The van der Waals surface area contributed by atoms with Crippen LogP contribution in [0.15, 0.2) is 42.2 Å². The highest BCUT2D eigenvalue weighted by molar-refractivity contribution is 9.11. The zero-order valence-corrected chi connectivity index (χ0v) is 26.2. The zero-order chi connectivity index (χ0) is 25.2. The van der Waals surface area contributed by atoms with Gasteiger partial charge in [0.2, 0.25) is 0 Å². The van der Waals surface area contributed by atoms with E-state index in [1.807, 2.05) is 0 Å². The predicted octanol–water partition coefficient (Wildman–Crippen LogP) is 8.14. The van der Waals surface area contributed by atoms with E-state index in [1.54, 1.807) is 27.7 Å². The number of hydrogen-bond donors (Lipinski definition) is 2. The van der Waals surface area contributed by atoms with Crippen LogP contribution in [0.1, 0.15) is 65.5 Å². The van der Waals surface area contributed by atoms with E-state index in [9.17, 15) is 10.2 Å². The minimum Gasteiger partial charge on any atom is -0.491 e. The van der Waals surface area contributed by atoms with Crippen LogP contribution >= 0.6 is 63.7 Å². The van der Waals surface area contributed by atoms with Gasteiger partial charge in [-0.05, 0) is 127 Å². The molecule has 0 saturated heterocycles. The summed E-state index contributed by atoms with van der Waals surface area (Å²) < 4.78 is 15.2. The largest absolute Gasteiger partial charge is 0.491 e. The third-order valence-corrected chi connectivity index (χ3v) is 7.72. The van der Waals surface area contributed by atoms with Crippen LogP contribution in [-0.4, -0.2) is 34.6 Å². The monoisotopic (exact) mass is 712 g/mol. The van der Waals surface area contributed by atoms with Gasteiger partial charge in [0.1, 0.15) is 11.5 Å². The van der Waals surface area contributed by atoms with Gasteiger partial charge in [0.05, 0.1) is 42.3 Å². The Labute approximate surface area is 231 Å². The fraction of sp³-hybridized carbons (Fsp3) is 0.520. The van der Waals surface area contributed by atoms with E-state index < -0.39 is 11.2 Å². The number of ether oxygens (including phenoxy) is 2. The molecule has 0 radical (unpaired) electrons. The summed E-state index contributed by atoms with van der Waals surface area (Å²) in [4.78, 5) is 0. The van der Waals surface area contributed by atoms with Gasteiger partial charge in [-0.15, -0.1) is 0 Å². The second-order valence-electron chi connectivity index (χ2n) is 9.98. The molecule has 8 heteroatoms. The first kappa shape index (κ1) is 29.1. The van der Waals surface area contributed by atoms with E-state index in [4.69, 9.17) is 9.47 Å². The summed E-state index contributed by atoms with van der Waals surface area (Å²) in [6.07, 6.45) is 1.07. The molecular formula is C25H32Br4O4. The molecule has 2 aromatic rings. The molecule has 2 aromatic carbocycles. The van der Waals surface area contributed by atoms with Gasteiger partial charge in [-0.2, -0.15) is 0 Å². The van der Waals surface area contributed by atoms with Crippen molar-refractivity contribution in [3.8, 4) is 11.5 Å². The van der Waals surface area contributed by atoms with Gasteiger partial charge in [-0.3, -0.25) is 0 Å². The van der Waals surface area contributed by atoms with Gasteiger partial charge < -0.3 is 19.7 Å². The van der Waals surface area contributed by atoms with Crippen molar-refractivity contribution in [3.05, 3.63) is 53.3 Å². The molecule has 0 heterocycles. The fourth-order valence-corrected chi connectivity index (χ4v) is 5.92.